The van der Waals surface area contributed by atoms with Gasteiger partial charge in [0.25, 0.3) is 0 Å². The second-order valence-electron chi connectivity index (χ2n) is 6.41. The average Bonchev–Trinajstić information content (AvgIpc) is 2.84. The molecule has 2 heterocycles. The Morgan fingerprint density at radius 3 is 2.30 bits per heavy atom. The lowest BCUT2D eigenvalue weighted by Gasteiger charge is -2.24. The van der Waals surface area contributed by atoms with Crippen LogP contribution in [0.2, 0.25) is 0 Å². The van der Waals surface area contributed by atoms with Crippen molar-refractivity contribution < 1.29 is 33.2 Å². The molecule has 0 saturated carbocycles. The van der Waals surface area contributed by atoms with Gasteiger partial charge in [-0.1, -0.05) is 0 Å². The monoisotopic (exact) mass is 424 g/mol. The van der Waals surface area contributed by atoms with E-state index in [9.17, 15) is 0 Å². The van der Waals surface area contributed by atoms with Crippen LogP contribution in [-0.4, -0.2) is 47.7 Å². The maximum atomic E-state index is 5.24. The van der Waals surface area contributed by atoms with Gasteiger partial charge in [-0.15, -0.1) is 0 Å². The third-order valence-corrected chi connectivity index (χ3v) is 3.54. The summed E-state index contributed by atoms with van der Waals surface area (Å²) in [4.78, 5) is 12.3. The lowest BCUT2D eigenvalue weighted by atomic mass is 10.1. The molecule has 1 N–H and O–H groups in total. The Bertz CT molecular complexity index is 790. The van der Waals surface area contributed by atoms with E-state index in [1.54, 1.807) is 19.5 Å². The quantitative estimate of drug-likeness (QED) is 0.468. The Balaban J connectivity index is 0.00000192. The lowest BCUT2D eigenvalue weighted by Crippen LogP contribution is -3.00. The van der Waals surface area contributed by atoms with E-state index >= 15 is 0 Å². The molecule has 0 atom stereocenters. The molecule has 23 heavy (non-hydrogen) atoms. The van der Waals surface area contributed by atoms with Crippen molar-refractivity contribution in [1.29, 1.82) is 0 Å². The number of ether oxygens (including phenoxy) is 1. The summed E-state index contributed by atoms with van der Waals surface area (Å²) in [5.41, 5.74) is 5.17. The number of halogens is 1. The molecule has 0 aliphatic rings. The lowest BCUT2D eigenvalue weighted by molar-refractivity contribution is -0.883. The maximum absolute atomic E-state index is 5.24. The van der Waals surface area contributed by atoms with Crippen LogP contribution in [0, 0.1) is 0 Å². The van der Waals surface area contributed by atoms with Gasteiger partial charge in [0.1, 0.15) is 17.8 Å². The summed E-state index contributed by atoms with van der Waals surface area (Å²) in [6, 6.07) is 8.06. The Hall–Kier alpha value is -1.67. The number of benzene rings is 1. The summed E-state index contributed by atoms with van der Waals surface area (Å²) in [5, 5.41) is 0. The van der Waals surface area contributed by atoms with Crippen molar-refractivity contribution in [3.63, 3.8) is 0 Å². The molecule has 0 aliphatic heterocycles. The topological polar surface area (TPSA) is 50.8 Å². The maximum Gasteiger partial charge on any atom is 0.157 e. The smallest absolute Gasteiger partial charge is 0.157 e. The van der Waals surface area contributed by atoms with Crippen LogP contribution in [0.25, 0.3) is 22.4 Å². The number of hydrogen-bond donors (Lipinski definition) is 1. The first kappa shape index (κ1) is 17.7. The number of methoxy groups -OCH3 is 1. The van der Waals surface area contributed by atoms with Crippen LogP contribution in [0.3, 0.4) is 0 Å². The Kier molecular flexibility index (Phi) is 5.26. The minimum absolute atomic E-state index is 0. The zero-order valence-electron chi connectivity index (χ0n) is 13.8. The van der Waals surface area contributed by atoms with Crippen LogP contribution in [0.15, 0.2) is 36.7 Å². The van der Waals surface area contributed by atoms with Gasteiger partial charge in [0, 0.05) is 12.4 Å². The molecule has 0 amide bonds. The van der Waals surface area contributed by atoms with Crippen molar-refractivity contribution in [2.24, 2.45) is 0 Å². The highest BCUT2D eigenvalue weighted by atomic mass is 127. The third kappa shape index (κ3) is 3.81. The molecule has 0 saturated heterocycles. The highest BCUT2D eigenvalue weighted by Crippen LogP contribution is 2.30. The first-order chi connectivity index (χ1) is 10.5. The third-order valence-electron chi connectivity index (χ3n) is 3.54. The highest BCUT2D eigenvalue weighted by Gasteiger charge is 2.20. The number of fused-ring (bicyclic) bond motifs is 1. The molecular formula is C17H21IN4O. The van der Waals surface area contributed by atoms with Crippen LogP contribution in [0.5, 0.6) is 5.75 Å². The number of aromatic nitrogens is 3. The second kappa shape index (κ2) is 6.84. The van der Waals surface area contributed by atoms with E-state index < -0.39 is 0 Å². The largest absolute Gasteiger partial charge is 1.00 e. The minimum Gasteiger partial charge on any atom is -1.00 e. The number of aromatic amines is 1. The molecule has 3 aromatic rings. The van der Waals surface area contributed by atoms with Gasteiger partial charge in [-0.3, -0.25) is 4.98 Å². The van der Waals surface area contributed by atoms with Gasteiger partial charge in [-0.2, -0.15) is 0 Å². The van der Waals surface area contributed by atoms with Gasteiger partial charge in [0.2, 0.25) is 0 Å². The molecule has 2 aromatic heterocycles. The van der Waals surface area contributed by atoms with Gasteiger partial charge in [-0.05, 0) is 29.8 Å². The molecule has 5 nitrogen and oxygen atoms in total. The van der Waals surface area contributed by atoms with Crippen LogP contribution in [-0.2, 0) is 6.54 Å². The number of hydrogen-bond acceptors (Lipinski definition) is 3. The highest BCUT2D eigenvalue weighted by molar-refractivity contribution is 5.85. The molecule has 1 aromatic carbocycles. The molecule has 0 fully saturated rings. The van der Waals surface area contributed by atoms with Crippen molar-refractivity contribution in [3.8, 4) is 17.0 Å². The van der Waals surface area contributed by atoms with Crippen LogP contribution < -0.4 is 28.7 Å². The fourth-order valence-corrected chi connectivity index (χ4v) is 2.59. The Morgan fingerprint density at radius 2 is 1.70 bits per heavy atom. The van der Waals surface area contributed by atoms with E-state index in [0.29, 0.717) is 0 Å². The average molecular weight is 424 g/mol. The predicted molar refractivity (Wildman–Crippen MR) is 87.6 cm³/mol. The van der Waals surface area contributed by atoms with Crippen molar-refractivity contribution in [2.45, 2.75) is 6.54 Å². The second-order valence-corrected chi connectivity index (χ2v) is 6.41. The number of H-pyrrole nitrogens is 1. The van der Waals surface area contributed by atoms with Gasteiger partial charge in [0.15, 0.2) is 5.65 Å². The summed E-state index contributed by atoms with van der Waals surface area (Å²) in [6.45, 7) is 0.875. The summed E-state index contributed by atoms with van der Waals surface area (Å²) in [5.74, 6) is 0.851. The standard InChI is InChI=1S/C17H21N4O.HI/c1-21(2,3)11-14-15(12-5-7-13(22-4)8-6-12)20-17-16(14)18-9-10-19-17;/h5-10H,11H2,1-4H3,(H,19,20);1H/q+1;/p-1. The zero-order valence-corrected chi connectivity index (χ0v) is 16.0. The molecule has 0 bridgehead atoms. The Morgan fingerprint density at radius 1 is 1.04 bits per heavy atom. The normalized spacial score (nSPS) is 11.3. The number of rotatable bonds is 4. The van der Waals surface area contributed by atoms with Gasteiger partial charge >= 0.3 is 0 Å². The van der Waals surface area contributed by atoms with Crippen molar-refractivity contribution in [3.05, 3.63) is 42.2 Å². The molecule has 3 rings (SSSR count). The van der Waals surface area contributed by atoms with Crippen LogP contribution in [0.4, 0.5) is 0 Å². The SMILES string of the molecule is COc1ccc(-c2[nH]c3nccnc3c2C[N+](C)(C)C)cc1.[I-]. The zero-order chi connectivity index (χ0) is 15.7. The molecule has 0 unspecified atom stereocenters. The van der Waals surface area contributed by atoms with Crippen molar-refractivity contribution in [2.75, 3.05) is 28.3 Å². The van der Waals surface area contributed by atoms with Gasteiger partial charge in [-0.25, -0.2) is 4.98 Å². The summed E-state index contributed by atoms with van der Waals surface area (Å²) in [6.07, 6.45) is 3.46. The number of nitrogens with zero attached hydrogens (tertiary/aromatic N) is 3. The van der Waals surface area contributed by atoms with Gasteiger partial charge in [0.05, 0.1) is 39.5 Å². The van der Waals surface area contributed by atoms with Crippen molar-refractivity contribution in [1.82, 2.24) is 15.0 Å². The summed E-state index contributed by atoms with van der Waals surface area (Å²) < 4.78 is 6.06. The summed E-state index contributed by atoms with van der Waals surface area (Å²) >= 11 is 0. The van der Waals surface area contributed by atoms with E-state index in [1.165, 1.54) is 5.56 Å². The van der Waals surface area contributed by atoms with Crippen molar-refractivity contribution >= 4 is 11.2 Å². The number of nitrogens with one attached hydrogen (secondary N) is 1. The van der Waals surface area contributed by atoms with E-state index in [1.807, 2.05) is 12.1 Å². The molecule has 0 aliphatic carbocycles. The first-order valence-electron chi connectivity index (χ1n) is 7.24. The molecule has 0 spiro atoms. The fraction of sp³-hybridized carbons (Fsp3) is 0.294. The minimum atomic E-state index is 0. The van der Waals surface area contributed by atoms with Crippen LogP contribution in [0.1, 0.15) is 5.56 Å². The number of quaternary nitrogens is 1. The predicted octanol–water partition coefficient (Wildman–Crippen LogP) is -0.156. The van der Waals surface area contributed by atoms with Gasteiger partial charge < -0.3 is 38.2 Å². The van der Waals surface area contributed by atoms with E-state index in [0.717, 1.165) is 39.2 Å². The molecule has 0 radical (unpaired) electrons. The first-order valence-corrected chi connectivity index (χ1v) is 7.24. The van der Waals surface area contributed by atoms with E-state index in [4.69, 9.17) is 4.74 Å². The molecular weight excluding hydrogens is 403 g/mol. The summed E-state index contributed by atoms with van der Waals surface area (Å²) in [7, 11) is 8.20. The Labute approximate surface area is 153 Å². The van der Waals surface area contributed by atoms with E-state index in [2.05, 4.69) is 48.2 Å². The fourth-order valence-electron chi connectivity index (χ4n) is 2.59. The van der Waals surface area contributed by atoms with Crippen LogP contribution >= 0.6 is 0 Å². The molecule has 6 heteroatoms. The molecule has 122 valence electrons. The van der Waals surface area contributed by atoms with E-state index in [-0.39, 0.29) is 24.0 Å².